The van der Waals surface area contributed by atoms with Crippen molar-refractivity contribution in [3.05, 3.63) is 53.6 Å². The first-order valence-electron chi connectivity index (χ1n) is 8.21. The van der Waals surface area contributed by atoms with E-state index in [1.807, 2.05) is 19.1 Å². The number of amides is 1. The van der Waals surface area contributed by atoms with Crippen molar-refractivity contribution in [2.75, 3.05) is 14.2 Å². The molecule has 5 nitrogen and oxygen atoms in total. The van der Waals surface area contributed by atoms with Crippen LogP contribution in [0, 0.1) is 5.82 Å². The molecule has 0 aliphatic heterocycles. The largest absolute Gasteiger partial charge is 0.493 e. The molecular weight excluding hydrogens is 323 g/mol. The van der Waals surface area contributed by atoms with Gasteiger partial charge in [-0.15, -0.1) is 0 Å². The van der Waals surface area contributed by atoms with Gasteiger partial charge in [0.15, 0.2) is 11.5 Å². The van der Waals surface area contributed by atoms with E-state index in [0.717, 1.165) is 18.4 Å². The molecule has 1 aliphatic carbocycles. The highest BCUT2D eigenvalue weighted by atomic mass is 19.1. The van der Waals surface area contributed by atoms with E-state index in [9.17, 15) is 9.18 Å². The van der Waals surface area contributed by atoms with Crippen LogP contribution in [0.3, 0.4) is 0 Å². The molecule has 6 heteroatoms. The quantitative estimate of drug-likeness (QED) is 0.803. The van der Waals surface area contributed by atoms with E-state index >= 15 is 0 Å². The van der Waals surface area contributed by atoms with E-state index in [2.05, 4.69) is 4.98 Å². The number of rotatable bonds is 6. The molecule has 25 heavy (non-hydrogen) atoms. The van der Waals surface area contributed by atoms with Crippen molar-refractivity contribution in [3.63, 3.8) is 0 Å². The smallest absolute Gasteiger partial charge is 0.257 e. The minimum absolute atomic E-state index is 0.0136. The number of halogens is 1. The van der Waals surface area contributed by atoms with Crippen LogP contribution in [0.4, 0.5) is 4.39 Å². The lowest BCUT2D eigenvalue weighted by molar-refractivity contribution is 0.0668. The summed E-state index contributed by atoms with van der Waals surface area (Å²) in [5, 5.41) is 0. The topological polar surface area (TPSA) is 51.7 Å². The Balaban J connectivity index is 1.97. The number of benzene rings is 1. The van der Waals surface area contributed by atoms with Crippen molar-refractivity contribution in [2.45, 2.75) is 31.8 Å². The molecule has 0 bridgehead atoms. The standard InChI is InChI=1S/C19H21FN2O3/c1-12(13-5-4-8-21-11-13)22(14-6-7-14)19(23)15-9-17(24-2)18(25-3)10-16(15)20/h4-5,8-12,14H,6-7H2,1-3H3/t12-/m0/s1. The molecule has 0 unspecified atom stereocenters. The fourth-order valence-electron chi connectivity index (χ4n) is 2.95. The summed E-state index contributed by atoms with van der Waals surface area (Å²) < 4.78 is 24.8. The summed E-state index contributed by atoms with van der Waals surface area (Å²) in [4.78, 5) is 19.0. The Bertz CT molecular complexity index is 763. The Hall–Kier alpha value is -2.63. The molecule has 1 aromatic carbocycles. The van der Waals surface area contributed by atoms with Crippen LogP contribution in [-0.2, 0) is 0 Å². The molecule has 1 fully saturated rings. The van der Waals surface area contributed by atoms with Crippen molar-refractivity contribution in [1.82, 2.24) is 9.88 Å². The highest BCUT2D eigenvalue weighted by molar-refractivity contribution is 5.96. The summed E-state index contributed by atoms with van der Waals surface area (Å²) in [6, 6.07) is 6.27. The summed E-state index contributed by atoms with van der Waals surface area (Å²) in [6.07, 6.45) is 5.27. The van der Waals surface area contributed by atoms with Gasteiger partial charge in [0.2, 0.25) is 0 Å². The highest BCUT2D eigenvalue weighted by Gasteiger charge is 2.38. The monoisotopic (exact) mass is 344 g/mol. The Morgan fingerprint density at radius 2 is 1.96 bits per heavy atom. The number of hydrogen-bond donors (Lipinski definition) is 0. The van der Waals surface area contributed by atoms with Crippen LogP contribution in [0.2, 0.25) is 0 Å². The molecule has 2 aromatic rings. The molecule has 3 rings (SSSR count). The molecule has 0 N–H and O–H groups in total. The normalized spacial score (nSPS) is 14.7. The average molecular weight is 344 g/mol. The lowest BCUT2D eigenvalue weighted by Gasteiger charge is -2.30. The van der Waals surface area contributed by atoms with Crippen molar-refractivity contribution in [2.24, 2.45) is 0 Å². The molecule has 1 amide bonds. The second-order valence-corrected chi connectivity index (χ2v) is 6.09. The summed E-state index contributed by atoms with van der Waals surface area (Å²) in [6.45, 7) is 1.94. The molecule has 0 saturated heterocycles. The minimum atomic E-state index is -0.619. The highest BCUT2D eigenvalue weighted by Crippen LogP contribution is 2.37. The minimum Gasteiger partial charge on any atom is -0.493 e. The van der Waals surface area contributed by atoms with E-state index in [-0.39, 0.29) is 29.3 Å². The number of nitrogens with zero attached hydrogens (tertiary/aromatic N) is 2. The van der Waals surface area contributed by atoms with Gasteiger partial charge < -0.3 is 14.4 Å². The van der Waals surface area contributed by atoms with Crippen molar-refractivity contribution in [3.8, 4) is 11.5 Å². The van der Waals surface area contributed by atoms with E-state index in [1.165, 1.54) is 26.4 Å². The number of ether oxygens (including phenoxy) is 2. The fraction of sp³-hybridized carbons (Fsp3) is 0.368. The second-order valence-electron chi connectivity index (χ2n) is 6.09. The fourth-order valence-corrected chi connectivity index (χ4v) is 2.95. The zero-order chi connectivity index (χ0) is 18.0. The Labute approximate surface area is 146 Å². The maximum Gasteiger partial charge on any atom is 0.257 e. The predicted molar refractivity (Wildman–Crippen MR) is 91.3 cm³/mol. The zero-order valence-electron chi connectivity index (χ0n) is 14.5. The summed E-state index contributed by atoms with van der Waals surface area (Å²) >= 11 is 0. The number of methoxy groups -OCH3 is 2. The van der Waals surface area contributed by atoms with Gasteiger partial charge in [0.05, 0.1) is 25.8 Å². The second kappa shape index (κ2) is 7.09. The number of pyridine rings is 1. The maximum atomic E-state index is 14.5. The van der Waals surface area contributed by atoms with Crippen LogP contribution < -0.4 is 9.47 Å². The van der Waals surface area contributed by atoms with Crippen molar-refractivity contribution in [1.29, 1.82) is 0 Å². The van der Waals surface area contributed by atoms with Crippen molar-refractivity contribution >= 4 is 5.91 Å². The van der Waals surface area contributed by atoms with Gasteiger partial charge in [-0.3, -0.25) is 9.78 Å². The number of aromatic nitrogens is 1. The number of carbonyl (C=O) groups is 1. The van der Waals surface area contributed by atoms with Gasteiger partial charge in [0.25, 0.3) is 5.91 Å². The van der Waals surface area contributed by atoms with Gasteiger partial charge in [0, 0.05) is 24.5 Å². The third kappa shape index (κ3) is 3.43. The first kappa shape index (κ1) is 17.2. The SMILES string of the molecule is COc1cc(F)c(C(=O)N(C2CC2)[C@@H](C)c2cccnc2)cc1OC. The van der Waals surface area contributed by atoms with Gasteiger partial charge in [-0.1, -0.05) is 6.07 Å². The lowest BCUT2D eigenvalue weighted by Crippen LogP contribution is -2.36. The average Bonchev–Trinajstić information content (AvgIpc) is 3.47. The molecular formula is C19H21FN2O3. The van der Waals surface area contributed by atoms with E-state index in [0.29, 0.717) is 5.75 Å². The molecule has 1 heterocycles. The van der Waals surface area contributed by atoms with Crippen LogP contribution in [0.15, 0.2) is 36.7 Å². The van der Waals surface area contributed by atoms with Gasteiger partial charge in [-0.05, 0) is 37.5 Å². The third-order valence-corrected chi connectivity index (χ3v) is 4.46. The first-order valence-corrected chi connectivity index (χ1v) is 8.21. The van der Waals surface area contributed by atoms with E-state index in [1.54, 1.807) is 17.3 Å². The van der Waals surface area contributed by atoms with Crippen LogP contribution in [0.5, 0.6) is 11.5 Å². The Morgan fingerprint density at radius 1 is 1.28 bits per heavy atom. The van der Waals surface area contributed by atoms with Crippen LogP contribution >= 0.6 is 0 Å². The number of carbonyl (C=O) groups excluding carboxylic acids is 1. The summed E-state index contributed by atoms with van der Waals surface area (Å²) in [7, 11) is 2.89. The van der Waals surface area contributed by atoms with Crippen LogP contribution in [0.1, 0.15) is 41.7 Å². The first-order chi connectivity index (χ1) is 12.1. The van der Waals surface area contributed by atoms with Gasteiger partial charge in [-0.2, -0.15) is 0 Å². The lowest BCUT2D eigenvalue weighted by atomic mass is 10.1. The number of hydrogen-bond acceptors (Lipinski definition) is 4. The van der Waals surface area contributed by atoms with Crippen LogP contribution in [0.25, 0.3) is 0 Å². The van der Waals surface area contributed by atoms with E-state index < -0.39 is 5.82 Å². The molecule has 0 radical (unpaired) electrons. The third-order valence-electron chi connectivity index (χ3n) is 4.46. The molecule has 1 saturated carbocycles. The Morgan fingerprint density at radius 3 is 2.52 bits per heavy atom. The summed E-state index contributed by atoms with van der Waals surface area (Å²) in [5.41, 5.74) is 0.906. The van der Waals surface area contributed by atoms with E-state index in [4.69, 9.17) is 9.47 Å². The molecule has 132 valence electrons. The maximum absolute atomic E-state index is 14.5. The predicted octanol–water partition coefficient (Wildman–Crippen LogP) is 3.60. The molecule has 1 atom stereocenters. The summed E-state index contributed by atoms with van der Waals surface area (Å²) in [5.74, 6) is -0.379. The zero-order valence-corrected chi connectivity index (χ0v) is 14.5. The Kier molecular flexibility index (Phi) is 4.88. The van der Waals surface area contributed by atoms with Gasteiger partial charge >= 0.3 is 0 Å². The van der Waals surface area contributed by atoms with Crippen LogP contribution in [-0.4, -0.2) is 36.1 Å². The molecule has 0 spiro atoms. The molecule has 1 aromatic heterocycles. The molecule has 1 aliphatic rings. The van der Waals surface area contributed by atoms with Gasteiger partial charge in [0.1, 0.15) is 5.82 Å². The van der Waals surface area contributed by atoms with Gasteiger partial charge in [-0.25, -0.2) is 4.39 Å². The van der Waals surface area contributed by atoms with Crippen molar-refractivity contribution < 1.29 is 18.7 Å².